The van der Waals surface area contributed by atoms with Crippen molar-refractivity contribution in [3.63, 3.8) is 0 Å². The molecule has 0 bridgehead atoms. The van der Waals surface area contributed by atoms with Gasteiger partial charge in [-0.05, 0) is 19.1 Å². The summed E-state index contributed by atoms with van der Waals surface area (Å²) in [5.74, 6) is -0.672. The first-order chi connectivity index (χ1) is 9.19. The molecule has 0 saturated carbocycles. The number of benzene rings is 1. The molecule has 0 fully saturated rings. The minimum Gasteiger partial charge on any atom is -0.277 e. The van der Waals surface area contributed by atoms with Gasteiger partial charge < -0.3 is 0 Å². The van der Waals surface area contributed by atoms with E-state index in [1.807, 2.05) is 4.72 Å². The Kier molecular flexibility index (Phi) is 3.30. The molecule has 2 rings (SSSR count). The first kappa shape index (κ1) is 14.1. The van der Waals surface area contributed by atoms with Crippen molar-refractivity contribution in [2.24, 2.45) is 0 Å². The van der Waals surface area contributed by atoms with Crippen molar-refractivity contribution >= 4 is 32.3 Å². The van der Waals surface area contributed by atoms with Gasteiger partial charge in [0.15, 0.2) is 0 Å². The van der Waals surface area contributed by atoms with Gasteiger partial charge in [0.1, 0.15) is 11.5 Å². The molecule has 1 N–H and O–H groups in total. The standard InChI is InChI=1S/C11H10FN3O4S/c1-6-8(12)5-7-9(13-6)3-4-10(15(16)17)11(7)14-20(2,18)19/h3-5,14H,1-2H3. The van der Waals surface area contributed by atoms with E-state index in [1.165, 1.54) is 13.0 Å². The zero-order chi connectivity index (χ0) is 15.1. The molecule has 0 amide bonds. The Bertz CT molecular complexity index is 820. The maximum Gasteiger partial charge on any atom is 0.294 e. The van der Waals surface area contributed by atoms with Crippen molar-refractivity contribution in [2.45, 2.75) is 6.92 Å². The largest absolute Gasteiger partial charge is 0.294 e. The van der Waals surface area contributed by atoms with E-state index in [-0.39, 0.29) is 22.3 Å². The molecule has 106 valence electrons. The first-order valence-electron chi connectivity index (χ1n) is 5.41. The van der Waals surface area contributed by atoms with Gasteiger partial charge >= 0.3 is 0 Å². The number of nitrogens with zero attached hydrogens (tertiary/aromatic N) is 2. The molecule has 0 atom stereocenters. The molecular formula is C11H10FN3O4S. The summed E-state index contributed by atoms with van der Waals surface area (Å²) in [6.45, 7) is 1.44. The third-order valence-corrected chi connectivity index (χ3v) is 3.16. The normalized spacial score (nSPS) is 11.6. The third-order valence-electron chi connectivity index (χ3n) is 2.59. The van der Waals surface area contributed by atoms with Crippen molar-refractivity contribution in [1.29, 1.82) is 0 Å². The van der Waals surface area contributed by atoms with Crippen LogP contribution in [0.1, 0.15) is 5.69 Å². The van der Waals surface area contributed by atoms with Crippen LogP contribution in [-0.2, 0) is 10.0 Å². The van der Waals surface area contributed by atoms with Crippen LogP contribution in [0.15, 0.2) is 18.2 Å². The number of hydrogen-bond donors (Lipinski definition) is 1. The Hall–Kier alpha value is -2.29. The van der Waals surface area contributed by atoms with Gasteiger partial charge in [0.05, 0.1) is 22.4 Å². The molecule has 0 aliphatic heterocycles. The fourth-order valence-electron chi connectivity index (χ4n) is 1.75. The molecule has 9 heteroatoms. The van der Waals surface area contributed by atoms with Gasteiger partial charge in [-0.1, -0.05) is 0 Å². The SMILES string of the molecule is Cc1nc2ccc([N+](=O)[O-])c(NS(C)(=O)=O)c2cc1F. The smallest absolute Gasteiger partial charge is 0.277 e. The number of pyridine rings is 1. The topological polar surface area (TPSA) is 102 Å². The fraction of sp³-hybridized carbons (Fsp3) is 0.182. The molecule has 0 aliphatic carbocycles. The van der Waals surface area contributed by atoms with E-state index in [1.54, 1.807) is 0 Å². The third kappa shape index (κ3) is 2.67. The number of nitrogens with one attached hydrogen (secondary N) is 1. The molecule has 0 saturated heterocycles. The van der Waals surface area contributed by atoms with E-state index in [4.69, 9.17) is 0 Å². The number of halogens is 1. The van der Waals surface area contributed by atoms with Crippen LogP contribution in [0.5, 0.6) is 0 Å². The second-order valence-corrected chi connectivity index (χ2v) is 5.96. The molecule has 0 spiro atoms. The molecule has 0 unspecified atom stereocenters. The van der Waals surface area contributed by atoms with E-state index in [0.29, 0.717) is 0 Å². The summed E-state index contributed by atoms with van der Waals surface area (Å²) in [6.07, 6.45) is 0.855. The van der Waals surface area contributed by atoms with E-state index in [9.17, 15) is 22.9 Å². The van der Waals surface area contributed by atoms with Crippen LogP contribution in [0.3, 0.4) is 0 Å². The summed E-state index contributed by atoms with van der Waals surface area (Å²) >= 11 is 0. The van der Waals surface area contributed by atoms with Crippen molar-refractivity contribution in [2.75, 3.05) is 11.0 Å². The lowest BCUT2D eigenvalue weighted by atomic mass is 10.1. The lowest BCUT2D eigenvalue weighted by Crippen LogP contribution is -2.12. The number of fused-ring (bicyclic) bond motifs is 1. The summed E-state index contributed by atoms with van der Waals surface area (Å²) in [6, 6.07) is 3.49. The summed E-state index contributed by atoms with van der Waals surface area (Å²) in [4.78, 5) is 14.1. The highest BCUT2D eigenvalue weighted by atomic mass is 32.2. The molecule has 1 heterocycles. The lowest BCUT2D eigenvalue weighted by Gasteiger charge is -2.09. The molecule has 20 heavy (non-hydrogen) atoms. The quantitative estimate of drug-likeness (QED) is 0.689. The molecule has 7 nitrogen and oxygen atoms in total. The first-order valence-corrected chi connectivity index (χ1v) is 7.30. The number of nitro benzene ring substituents is 1. The van der Waals surface area contributed by atoms with E-state index < -0.39 is 26.5 Å². The van der Waals surface area contributed by atoms with Gasteiger partial charge in [-0.3, -0.25) is 14.8 Å². The molecule has 2 aromatic rings. The maximum absolute atomic E-state index is 13.6. The fourth-order valence-corrected chi connectivity index (χ4v) is 2.34. The van der Waals surface area contributed by atoms with Crippen molar-refractivity contribution in [1.82, 2.24) is 4.98 Å². The summed E-state index contributed by atoms with van der Waals surface area (Å²) < 4.78 is 38.3. The number of sulfonamides is 1. The van der Waals surface area contributed by atoms with Crippen LogP contribution in [0.25, 0.3) is 10.9 Å². The van der Waals surface area contributed by atoms with Gasteiger partial charge in [-0.25, -0.2) is 17.8 Å². The minimum atomic E-state index is -3.75. The van der Waals surface area contributed by atoms with Crippen LogP contribution < -0.4 is 4.72 Å². The molecule has 1 aromatic carbocycles. The van der Waals surface area contributed by atoms with Gasteiger partial charge in [0.2, 0.25) is 10.0 Å². The maximum atomic E-state index is 13.6. The number of aryl methyl sites for hydroxylation is 1. The second kappa shape index (κ2) is 4.67. The lowest BCUT2D eigenvalue weighted by molar-refractivity contribution is -0.383. The number of nitro groups is 1. The van der Waals surface area contributed by atoms with Crippen LogP contribution in [0, 0.1) is 22.9 Å². The van der Waals surface area contributed by atoms with Crippen LogP contribution in [0.4, 0.5) is 15.8 Å². The van der Waals surface area contributed by atoms with Crippen molar-refractivity contribution in [3.8, 4) is 0 Å². The minimum absolute atomic E-state index is 0.0349. The molecular weight excluding hydrogens is 289 g/mol. The van der Waals surface area contributed by atoms with E-state index >= 15 is 0 Å². The average Bonchev–Trinajstić information content (AvgIpc) is 2.29. The number of hydrogen-bond acceptors (Lipinski definition) is 5. The van der Waals surface area contributed by atoms with Crippen molar-refractivity contribution in [3.05, 3.63) is 39.8 Å². The van der Waals surface area contributed by atoms with Crippen LogP contribution >= 0.6 is 0 Å². The molecule has 0 radical (unpaired) electrons. The Balaban J connectivity index is 2.86. The predicted octanol–water partition coefficient (Wildman–Crippen LogP) is 1.96. The number of aromatic nitrogens is 1. The average molecular weight is 299 g/mol. The number of rotatable bonds is 3. The highest BCUT2D eigenvalue weighted by Gasteiger charge is 2.21. The molecule has 0 aliphatic rings. The summed E-state index contributed by atoms with van der Waals surface area (Å²) in [5.41, 5.74) is -0.369. The van der Waals surface area contributed by atoms with Crippen LogP contribution in [-0.4, -0.2) is 24.6 Å². The zero-order valence-corrected chi connectivity index (χ0v) is 11.4. The van der Waals surface area contributed by atoms with Gasteiger partial charge in [0, 0.05) is 11.5 Å². The second-order valence-electron chi connectivity index (χ2n) is 4.21. The van der Waals surface area contributed by atoms with Crippen LogP contribution in [0.2, 0.25) is 0 Å². The molecule has 1 aromatic heterocycles. The Morgan fingerprint density at radius 3 is 2.60 bits per heavy atom. The van der Waals surface area contributed by atoms with Gasteiger partial charge in [0.25, 0.3) is 5.69 Å². The van der Waals surface area contributed by atoms with E-state index in [2.05, 4.69) is 4.98 Å². The van der Waals surface area contributed by atoms with E-state index in [0.717, 1.165) is 18.4 Å². The van der Waals surface area contributed by atoms with Gasteiger partial charge in [-0.15, -0.1) is 0 Å². The highest BCUT2D eigenvalue weighted by molar-refractivity contribution is 7.92. The predicted molar refractivity (Wildman–Crippen MR) is 71.6 cm³/mol. The Morgan fingerprint density at radius 2 is 2.05 bits per heavy atom. The monoisotopic (exact) mass is 299 g/mol. The highest BCUT2D eigenvalue weighted by Crippen LogP contribution is 2.33. The zero-order valence-electron chi connectivity index (χ0n) is 10.5. The number of anilines is 1. The van der Waals surface area contributed by atoms with Crippen molar-refractivity contribution < 1.29 is 17.7 Å². The Morgan fingerprint density at radius 1 is 1.40 bits per heavy atom. The summed E-state index contributed by atoms with van der Waals surface area (Å²) in [5, 5.41) is 11.0. The Labute approximate surface area is 113 Å². The summed E-state index contributed by atoms with van der Waals surface area (Å²) in [7, 11) is -3.75. The van der Waals surface area contributed by atoms with Gasteiger partial charge in [-0.2, -0.15) is 0 Å².